The van der Waals surface area contributed by atoms with Crippen molar-refractivity contribution in [2.24, 2.45) is 10.7 Å². The summed E-state index contributed by atoms with van der Waals surface area (Å²) in [6.45, 7) is 10.2. The monoisotopic (exact) mass is 275 g/mol. The first-order valence-electron chi connectivity index (χ1n) is 6.62. The van der Waals surface area contributed by atoms with Gasteiger partial charge in [-0.05, 0) is 37.5 Å². The third-order valence-corrected chi connectivity index (χ3v) is 2.96. The smallest absolute Gasteiger partial charge is 0.126 e. The van der Waals surface area contributed by atoms with E-state index < -0.39 is 0 Å². The molecule has 1 aromatic rings. The molecular weight excluding hydrogens is 253 g/mol. The number of allylic oxidation sites excluding steroid dienone is 2. The highest BCUT2D eigenvalue weighted by Crippen LogP contribution is 2.10. The van der Waals surface area contributed by atoms with Gasteiger partial charge < -0.3 is 11.1 Å². The number of aliphatic imine (C=N–C) groups is 1. The lowest BCUT2D eigenvalue weighted by molar-refractivity contribution is 0.617. The number of nitrogens with one attached hydrogen (secondary N) is 1. The first kappa shape index (κ1) is 16.0. The Bertz CT molecular complexity index is 545. The van der Waals surface area contributed by atoms with Gasteiger partial charge in [-0.15, -0.1) is 0 Å². The molecule has 0 spiro atoms. The summed E-state index contributed by atoms with van der Waals surface area (Å²) in [5.74, 6) is -0.188. The Hall–Kier alpha value is -2.10. The molecule has 0 aliphatic carbocycles. The zero-order chi connectivity index (χ0) is 15.1. The van der Waals surface area contributed by atoms with Crippen molar-refractivity contribution < 1.29 is 4.39 Å². The van der Waals surface area contributed by atoms with Crippen molar-refractivity contribution in [3.05, 3.63) is 59.3 Å². The normalized spacial score (nSPS) is 12.4. The second-order valence-corrected chi connectivity index (χ2v) is 4.64. The van der Waals surface area contributed by atoms with Gasteiger partial charge in [0.2, 0.25) is 0 Å². The van der Waals surface area contributed by atoms with E-state index in [4.69, 9.17) is 5.73 Å². The minimum Gasteiger partial charge on any atom is -0.403 e. The molecule has 20 heavy (non-hydrogen) atoms. The predicted molar refractivity (Wildman–Crippen MR) is 82.8 cm³/mol. The summed E-state index contributed by atoms with van der Waals surface area (Å²) in [4.78, 5) is 4.39. The summed E-state index contributed by atoms with van der Waals surface area (Å²) in [7, 11) is 0. The third kappa shape index (κ3) is 4.53. The van der Waals surface area contributed by atoms with E-state index in [-0.39, 0.29) is 5.82 Å². The number of nitrogens with zero attached hydrogens (tertiary/aromatic N) is 1. The molecule has 0 aromatic heterocycles. The standard InChI is InChI=1S/C16H22FN3/c1-5-16(20-12(3)9-18)13(4)19-10-14-6-7-15(17)11(2)8-14/h6-9,19H,4-5,10,18H2,1-3H3/b12-9+,20-16?. The molecule has 0 heterocycles. The van der Waals surface area contributed by atoms with E-state index >= 15 is 0 Å². The van der Waals surface area contributed by atoms with Gasteiger partial charge in [0.05, 0.1) is 11.4 Å². The van der Waals surface area contributed by atoms with Crippen molar-refractivity contribution in [1.29, 1.82) is 0 Å². The second kappa shape index (κ2) is 7.48. The van der Waals surface area contributed by atoms with Crippen LogP contribution in [0.15, 0.2) is 47.4 Å². The van der Waals surface area contributed by atoms with Crippen molar-refractivity contribution in [2.45, 2.75) is 33.7 Å². The molecule has 0 atom stereocenters. The Morgan fingerprint density at radius 3 is 2.75 bits per heavy atom. The Labute approximate surface area is 120 Å². The Morgan fingerprint density at radius 2 is 2.20 bits per heavy atom. The Morgan fingerprint density at radius 1 is 1.50 bits per heavy atom. The second-order valence-electron chi connectivity index (χ2n) is 4.64. The lowest BCUT2D eigenvalue weighted by Crippen LogP contribution is -2.19. The van der Waals surface area contributed by atoms with Crippen LogP contribution >= 0.6 is 0 Å². The minimum atomic E-state index is -0.188. The number of rotatable bonds is 6. The maximum absolute atomic E-state index is 13.2. The Kier molecular flexibility index (Phi) is 5.97. The number of halogens is 1. The van der Waals surface area contributed by atoms with E-state index in [0.717, 1.165) is 29.1 Å². The molecule has 0 saturated heterocycles. The number of aryl methyl sites for hydroxylation is 1. The number of nitrogens with two attached hydrogens (primary N) is 1. The van der Waals surface area contributed by atoms with Crippen molar-refractivity contribution in [3.63, 3.8) is 0 Å². The van der Waals surface area contributed by atoms with Crippen LogP contribution in [0.25, 0.3) is 0 Å². The lowest BCUT2D eigenvalue weighted by Gasteiger charge is -2.12. The molecule has 0 radical (unpaired) electrons. The Balaban J connectivity index is 2.70. The molecule has 0 unspecified atom stereocenters. The highest BCUT2D eigenvalue weighted by molar-refractivity contribution is 5.99. The SMILES string of the molecule is C=C(NCc1ccc(F)c(C)c1)C(CC)=N/C(C)=C/N. The summed E-state index contributed by atoms with van der Waals surface area (Å²) in [5.41, 5.74) is 9.44. The van der Waals surface area contributed by atoms with E-state index in [0.29, 0.717) is 12.1 Å². The topological polar surface area (TPSA) is 50.4 Å². The molecule has 0 amide bonds. The number of benzene rings is 1. The maximum Gasteiger partial charge on any atom is 0.126 e. The van der Waals surface area contributed by atoms with Gasteiger partial charge in [-0.2, -0.15) is 0 Å². The summed E-state index contributed by atoms with van der Waals surface area (Å²) in [6, 6.07) is 5.06. The predicted octanol–water partition coefficient (Wildman–Crippen LogP) is 3.41. The summed E-state index contributed by atoms with van der Waals surface area (Å²) >= 11 is 0. The van der Waals surface area contributed by atoms with Crippen LogP contribution < -0.4 is 11.1 Å². The van der Waals surface area contributed by atoms with Gasteiger partial charge in [0, 0.05) is 18.4 Å². The molecule has 1 rings (SSSR count). The molecule has 0 fully saturated rings. The van der Waals surface area contributed by atoms with Gasteiger partial charge in [0.1, 0.15) is 5.82 Å². The summed E-state index contributed by atoms with van der Waals surface area (Å²) in [5, 5.41) is 3.21. The van der Waals surface area contributed by atoms with Crippen molar-refractivity contribution in [3.8, 4) is 0 Å². The maximum atomic E-state index is 13.2. The van der Waals surface area contributed by atoms with Crippen molar-refractivity contribution in [2.75, 3.05) is 0 Å². The third-order valence-electron chi connectivity index (χ3n) is 2.96. The van der Waals surface area contributed by atoms with Gasteiger partial charge in [0.15, 0.2) is 0 Å². The van der Waals surface area contributed by atoms with Crippen LogP contribution in [-0.2, 0) is 6.54 Å². The molecule has 0 bridgehead atoms. The summed E-state index contributed by atoms with van der Waals surface area (Å²) < 4.78 is 13.2. The average molecular weight is 275 g/mol. The van der Waals surface area contributed by atoms with Gasteiger partial charge in [-0.25, -0.2) is 4.39 Å². The zero-order valence-electron chi connectivity index (χ0n) is 12.3. The molecular formula is C16H22FN3. The van der Waals surface area contributed by atoms with Crippen LogP contribution in [0.2, 0.25) is 0 Å². The van der Waals surface area contributed by atoms with Crippen molar-refractivity contribution >= 4 is 5.71 Å². The van der Waals surface area contributed by atoms with E-state index in [9.17, 15) is 4.39 Å². The molecule has 3 N–H and O–H groups in total. The number of hydrogen-bond acceptors (Lipinski definition) is 3. The van der Waals surface area contributed by atoms with Crippen LogP contribution in [0.4, 0.5) is 4.39 Å². The van der Waals surface area contributed by atoms with Gasteiger partial charge >= 0.3 is 0 Å². The molecule has 0 saturated carbocycles. The molecule has 0 aliphatic rings. The fourth-order valence-electron chi connectivity index (χ4n) is 1.74. The van der Waals surface area contributed by atoms with Crippen molar-refractivity contribution in [1.82, 2.24) is 5.32 Å². The fourth-order valence-corrected chi connectivity index (χ4v) is 1.74. The summed E-state index contributed by atoms with van der Waals surface area (Å²) in [6.07, 6.45) is 2.23. The number of hydrogen-bond donors (Lipinski definition) is 2. The molecule has 4 heteroatoms. The highest BCUT2D eigenvalue weighted by atomic mass is 19.1. The lowest BCUT2D eigenvalue weighted by atomic mass is 10.1. The van der Waals surface area contributed by atoms with E-state index in [2.05, 4.69) is 16.9 Å². The average Bonchev–Trinajstić information content (AvgIpc) is 2.45. The van der Waals surface area contributed by atoms with Crippen LogP contribution in [0.5, 0.6) is 0 Å². The van der Waals surface area contributed by atoms with E-state index in [1.807, 2.05) is 19.9 Å². The largest absolute Gasteiger partial charge is 0.403 e. The molecule has 108 valence electrons. The molecule has 3 nitrogen and oxygen atoms in total. The van der Waals surface area contributed by atoms with Crippen LogP contribution in [0.3, 0.4) is 0 Å². The molecule has 1 aromatic carbocycles. The highest BCUT2D eigenvalue weighted by Gasteiger charge is 2.04. The van der Waals surface area contributed by atoms with Crippen LogP contribution in [0.1, 0.15) is 31.4 Å². The van der Waals surface area contributed by atoms with Crippen LogP contribution in [0, 0.1) is 12.7 Å². The minimum absolute atomic E-state index is 0.188. The van der Waals surface area contributed by atoms with E-state index in [1.54, 1.807) is 13.0 Å². The first-order chi connectivity index (χ1) is 9.47. The van der Waals surface area contributed by atoms with Gasteiger partial charge in [-0.3, -0.25) is 4.99 Å². The zero-order valence-corrected chi connectivity index (χ0v) is 12.3. The van der Waals surface area contributed by atoms with Gasteiger partial charge in [-0.1, -0.05) is 25.6 Å². The van der Waals surface area contributed by atoms with Gasteiger partial charge in [0.25, 0.3) is 0 Å². The van der Waals surface area contributed by atoms with E-state index in [1.165, 1.54) is 12.3 Å². The van der Waals surface area contributed by atoms with Crippen LogP contribution in [-0.4, -0.2) is 5.71 Å². The quantitative estimate of drug-likeness (QED) is 0.782. The fraction of sp³-hybridized carbons (Fsp3) is 0.312. The molecule has 0 aliphatic heterocycles. The first-order valence-corrected chi connectivity index (χ1v) is 6.62.